The van der Waals surface area contributed by atoms with Gasteiger partial charge in [-0.3, -0.25) is 0 Å². The summed E-state index contributed by atoms with van der Waals surface area (Å²) in [5.41, 5.74) is 6.26. The van der Waals surface area contributed by atoms with Crippen molar-refractivity contribution in [3.8, 4) is 5.75 Å². The molecule has 0 saturated heterocycles. The quantitative estimate of drug-likeness (QED) is 0.635. The lowest BCUT2D eigenvalue weighted by Gasteiger charge is -2.07. The summed E-state index contributed by atoms with van der Waals surface area (Å²) in [6.07, 6.45) is 2.21. The molecule has 0 radical (unpaired) electrons. The molecule has 2 N–H and O–H groups in total. The van der Waals surface area contributed by atoms with Crippen LogP contribution in [0.2, 0.25) is 0 Å². The van der Waals surface area contributed by atoms with Crippen molar-refractivity contribution in [2.45, 2.75) is 6.42 Å². The van der Waals surface area contributed by atoms with Gasteiger partial charge in [-0.15, -0.1) is 0 Å². The number of rotatable bonds is 6. The lowest BCUT2D eigenvalue weighted by molar-refractivity contribution is 0.0165. The summed E-state index contributed by atoms with van der Waals surface area (Å²) in [4.78, 5) is 7.83. The molecule has 2 rings (SSSR count). The van der Waals surface area contributed by atoms with Crippen LogP contribution in [-0.2, 0) is 11.2 Å². The number of ether oxygens (including phenoxy) is 2. The monoisotopic (exact) mass is 263 g/mol. The van der Waals surface area contributed by atoms with E-state index in [1.54, 1.807) is 24.4 Å². The van der Waals surface area contributed by atoms with Gasteiger partial charge in [0.1, 0.15) is 11.6 Å². The first-order chi connectivity index (χ1) is 9.24. The second kappa shape index (κ2) is 6.65. The van der Waals surface area contributed by atoms with Crippen molar-refractivity contribution in [3.05, 3.63) is 48.0 Å². The molecule has 0 fully saturated rings. The molecule has 0 spiro atoms. The Morgan fingerprint density at radius 3 is 2.95 bits per heavy atom. The van der Waals surface area contributed by atoms with E-state index in [2.05, 4.69) is 9.97 Å². The molecule has 0 amide bonds. The second-order valence-corrected chi connectivity index (χ2v) is 3.78. The van der Waals surface area contributed by atoms with E-state index in [-0.39, 0.29) is 18.6 Å². The molecule has 19 heavy (non-hydrogen) atoms. The van der Waals surface area contributed by atoms with Crippen LogP contribution in [0.4, 0.5) is 10.3 Å². The fourth-order valence-electron chi connectivity index (χ4n) is 1.45. The number of hydrogen-bond acceptors (Lipinski definition) is 5. The third kappa shape index (κ3) is 4.51. The van der Waals surface area contributed by atoms with Gasteiger partial charge < -0.3 is 15.2 Å². The summed E-state index contributed by atoms with van der Waals surface area (Å²) in [5, 5.41) is 0. The number of nitrogens with zero attached hydrogens (tertiary/aromatic N) is 2. The maximum Gasteiger partial charge on any atom is 0.220 e. The van der Waals surface area contributed by atoms with Crippen molar-refractivity contribution in [2.24, 2.45) is 0 Å². The van der Waals surface area contributed by atoms with Gasteiger partial charge in [0.25, 0.3) is 0 Å². The first-order valence-electron chi connectivity index (χ1n) is 5.77. The van der Waals surface area contributed by atoms with E-state index in [4.69, 9.17) is 15.2 Å². The van der Waals surface area contributed by atoms with Crippen molar-refractivity contribution < 1.29 is 13.9 Å². The van der Waals surface area contributed by atoms with E-state index >= 15 is 0 Å². The van der Waals surface area contributed by atoms with Gasteiger partial charge in [0.2, 0.25) is 5.95 Å². The van der Waals surface area contributed by atoms with Gasteiger partial charge in [0, 0.05) is 24.4 Å². The van der Waals surface area contributed by atoms with E-state index in [0.29, 0.717) is 18.8 Å². The molecule has 0 atom stereocenters. The second-order valence-electron chi connectivity index (χ2n) is 3.78. The maximum absolute atomic E-state index is 12.9. The Bertz CT molecular complexity index is 489. The van der Waals surface area contributed by atoms with Gasteiger partial charge in [-0.1, -0.05) is 6.07 Å². The van der Waals surface area contributed by atoms with E-state index in [1.807, 2.05) is 0 Å². The lowest BCUT2D eigenvalue weighted by Crippen LogP contribution is -2.07. The molecule has 0 unspecified atom stereocenters. The van der Waals surface area contributed by atoms with Crippen molar-refractivity contribution in [2.75, 3.05) is 19.1 Å². The highest BCUT2D eigenvalue weighted by molar-refractivity contribution is 5.22. The molecule has 0 aliphatic rings. The summed E-state index contributed by atoms with van der Waals surface area (Å²) < 4.78 is 23.4. The van der Waals surface area contributed by atoms with Crippen molar-refractivity contribution in [3.63, 3.8) is 0 Å². The SMILES string of the molecule is Nc1nccc(CCOCOc2cccc(F)c2)n1. The maximum atomic E-state index is 12.9. The van der Waals surface area contributed by atoms with Crippen molar-refractivity contribution in [1.29, 1.82) is 0 Å². The van der Waals surface area contributed by atoms with Crippen LogP contribution >= 0.6 is 0 Å². The minimum absolute atomic E-state index is 0.0595. The Morgan fingerprint density at radius 2 is 2.16 bits per heavy atom. The zero-order valence-corrected chi connectivity index (χ0v) is 10.3. The number of aromatic nitrogens is 2. The fraction of sp³-hybridized carbons (Fsp3) is 0.231. The number of nitrogens with two attached hydrogens (primary N) is 1. The summed E-state index contributed by atoms with van der Waals surface area (Å²) in [6, 6.07) is 7.67. The van der Waals surface area contributed by atoms with Crippen molar-refractivity contribution in [1.82, 2.24) is 9.97 Å². The molecule has 0 aliphatic heterocycles. The molecular formula is C13H14FN3O2. The number of hydrogen-bond donors (Lipinski definition) is 1. The lowest BCUT2D eigenvalue weighted by atomic mass is 10.3. The summed E-state index contributed by atoms with van der Waals surface area (Å²) in [6.45, 7) is 0.496. The Balaban J connectivity index is 1.67. The number of anilines is 1. The Kier molecular flexibility index (Phi) is 4.63. The predicted octanol–water partition coefficient (Wildman–Crippen LogP) is 1.79. The van der Waals surface area contributed by atoms with E-state index in [1.165, 1.54) is 12.1 Å². The summed E-state index contributed by atoms with van der Waals surface area (Å²) in [7, 11) is 0. The van der Waals surface area contributed by atoms with Crippen molar-refractivity contribution >= 4 is 5.95 Å². The normalized spacial score (nSPS) is 10.4. The average molecular weight is 263 g/mol. The smallest absolute Gasteiger partial charge is 0.220 e. The minimum Gasteiger partial charge on any atom is -0.467 e. The van der Waals surface area contributed by atoms with Crippen LogP contribution in [0.25, 0.3) is 0 Å². The van der Waals surface area contributed by atoms with Gasteiger partial charge >= 0.3 is 0 Å². The van der Waals surface area contributed by atoms with E-state index in [0.717, 1.165) is 5.69 Å². The molecular weight excluding hydrogens is 249 g/mol. The molecule has 6 heteroatoms. The number of nitrogen functional groups attached to an aromatic ring is 1. The van der Waals surface area contributed by atoms with Gasteiger partial charge in [-0.05, 0) is 18.2 Å². The Hall–Kier alpha value is -2.21. The minimum atomic E-state index is -0.339. The number of benzene rings is 1. The highest BCUT2D eigenvalue weighted by Crippen LogP contribution is 2.11. The molecule has 1 heterocycles. The van der Waals surface area contributed by atoms with Gasteiger partial charge in [-0.2, -0.15) is 0 Å². The third-order valence-electron chi connectivity index (χ3n) is 2.34. The fourth-order valence-corrected chi connectivity index (χ4v) is 1.45. The zero-order chi connectivity index (χ0) is 13.5. The predicted molar refractivity (Wildman–Crippen MR) is 68.0 cm³/mol. The topological polar surface area (TPSA) is 70.3 Å². The van der Waals surface area contributed by atoms with Crippen LogP contribution in [0.3, 0.4) is 0 Å². The molecule has 5 nitrogen and oxygen atoms in total. The first kappa shape index (κ1) is 13.2. The van der Waals surface area contributed by atoms with Crippen LogP contribution in [0.15, 0.2) is 36.5 Å². The standard InChI is InChI=1S/C13H14FN3O2/c14-10-2-1-3-12(8-10)19-9-18-7-5-11-4-6-16-13(15)17-11/h1-4,6,8H,5,7,9H2,(H2,15,16,17). The van der Waals surface area contributed by atoms with Crippen LogP contribution in [0.5, 0.6) is 5.75 Å². The van der Waals surface area contributed by atoms with Crippen LogP contribution in [0.1, 0.15) is 5.69 Å². The molecule has 2 aromatic rings. The first-order valence-corrected chi connectivity index (χ1v) is 5.77. The van der Waals surface area contributed by atoms with Gasteiger partial charge in [0.15, 0.2) is 6.79 Å². The van der Waals surface area contributed by atoms with Crippen LogP contribution in [0, 0.1) is 5.82 Å². The van der Waals surface area contributed by atoms with Crippen LogP contribution in [-0.4, -0.2) is 23.4 Å². The molecule has 0 aliphatic carbocycles. The molecule has 1 aromatic heterocycles. The van der Waals surface area contributed by atoms with Gasteiger partial charge in [-0.25, -0.2) is 14.4 Å². The van der Waals surface area contributed by atoms with E-state index < -0.39 is 0 Å². The Morgan fingerprint density at radius 1 is 1.26 bits per heavy atom. The van der Waals surface area contributed by atoms with Crippen LogP contribution < -0.4 is 10.5 Å². The summed E-state index contributed by atoms with van der Waals surface area (Å²) >= 11 is 0. The Labute approximate surface area is 110 Å². The highest BCUT2D eigenvalue weighted by atomic mass is 19.1. The molecule has 100 valence electrons. The van der Waals surface area contributed by atoms with E-state index in [9.17, 15) is 4.39 Å². The molecule has 1 aromatic carbocycles. The molecule has 0 saturated carbocycles. The average Bonchev–Trinajstić information content (AvgIpc) is 2.38. The third-order valence-corrected chi connectivity index (χ3v) is 2.34. The molecule has 0 bridgehead atoms. The zero-order valence-electron chi connectivity index (χ0n) is 10.3. The number of halogens is 1. The largest absolute Gasteiger partial charge is 0.467 e. The highest BCUT2D eigenvalue weighted by Gasteiger charge is 1.98. The van der Waals surface area contributed by atoms with Gasteiger partial charge in [0.05, 0.1) is 6.61 Å². The summed E-state index contributed by atoms with van der Waals surface area (Å²) in [5.74, 6) is 0.341.